The summed E-state index contributed by atoms with van der Waals surface area (Å²) in [6.45, 7) is 9.56. The number of anilines is 1. The number of piperidine rings is 1. The topological polar surface area (TPSA) is 87.3 Å². The molecule has 0 spiro atoms. The van der Waals surface area contributed by atoms with Gasteiger partial charge in [-0.25, -0.2) is 0 Å². The summed E-state index contributed by atoms with van der Waals surface area (Å²) in [5.41, 5.74) is 1.63. The van der Waals surface area contributed by atoms with E-state index in [1.54, 1.807) is 0 Å². The molecule has 1 aliphatic heterocycles. The Morgan fingerprint density at radius 2 is 2.17 bits per heavy atom. The van der Waals surface area contributed by atoms with Crippen LogP contribution in [-0.2, 0) is 16.0 Å². The van der Waals surface area contributed by atoms with Crippen molar-refractivity contribution in [2.24, 2.45) is 0 Å². The second-order valence-corrected chi connectivity index (χ2v) is 6.45. The maximum atomic E-state index is 12.5. The van der Waals surface area contributed by atoms with Crippen LogP contribution < -0.4 is 16.0 Å². The molecule has 0 saturated carbocycles. The van der Waals surface area contributed by atoms with Gasteiger partial charge in [0.1, 0.15) is 11.0 Å². The van der Waals surface area contributed by atoms with E-state index in [0.29, 0.717) is 51.8 Å². The lowest BCUT2D eigenvalue weighted by Gasteiger charge is -2.24. The van der Waals surface area contributed by atoms with Gasteiger partial charge in [-0.3, -0.25) is 14.4 Å². The Balaban J connectivity index is 0.00000139. The van der Waals surface area contributed by atoms with Gasteiger partial charge >= 0.3 is 0 Å². The zero-order chi connectivity index (χ0) is 18.3. The van der Waals surface area contributed by atoms with Gasteiger partial charge in [-0.05, 0) is 24.8 Å². The van der Waals surface area contributed by atoms with Gasteiger partial charge in [-0.15, -0.1) is 11.3 Å². The lowest BCUT2D eigenvalue weighted by molar-refractivity contribution is -0.123. The van der Waals surface area contributed by atoms with Gasteiger partial charge in [0.2, 0.25) is 12.3 Å². The van der Waals surface area contributed by atoms with Gasteiger partial charge in [0.25, 0.3) is 5.91 Å². The van der Waals surface area contributed by atoms with Crippen molar-refractivity contribution in [3.63, 3.8) is 0 Å². The smallest absolute Gasteiger partial charge is 0.255 e. The highest BCUT2D eigenvalue weighted by molar-refractivity contribution is 7.20. The third-order valence-corrected chi connectivity index (χ3v) is 4.80. The van der Waals surface area contributed by atoms with Crippen molar-refractivity contribution < 1.29 is 14.4 Å². The first-order valence-electron chi connectivity index (χ1n) is 7.78. The summed E-state index contributed by atoms with van der Waals surface area (Å²) in [6, 6.07) is -0.620. The average molecular weight is 372 g/mol. The molecule has 0 aromatic carbocycles. The van der Waals surface area contributed by atoms with Crippen LogP contribution in [0, 0.1) is 0 Å². The fourth-order valence-corrected chi connectivity index (χ4v) is 3.72. The van der Waals surface area contributed by atoms with Gasteiger partial charge in [0.15, 0.2) is 0 Å². The van der Waals surface area contributed by atoms with E-state index in [4.69, 9.17) is 11.6 Å². The molecule has 0 aliphatic carbocycles. The van der Waals surface area contributed by atoms with Crippen molar-refractivity contribution in [1.82, 2.24) is 10.6 Å². The van der Waals surface area contributed by atoms with Gasteiger partial charge < -0.3 is 16.0 Å². The standard InChI is InChI=1S/C14H16ClN3O3S.C2H6/c1-3-8-10(14(16-6-19)22-11(8)15)13(21)18-9-5-4-7(2)17-12(9)20;1-2/h6,9H,2-5H2,1H3,(H,16,19)(H,17,20)(H,18,21);1-2H3. The first-order valence-corrected chi connectivity index (χ1v) is 8.98. The number of thiophene rings is 1. The fraction of sp³-hybridized carbons (Fsp3) is 0.438. The number of hydrogen-bond donors (Lipinski definition) is 3. The van der Waals surface area contributed by atoms with Gasteiger partial charge in [-0.2, -0.15) is 0 Å². The summed E-state index contributed by atoms with van der Waals surface area (Å²) in [5, 5.41) is 8.18. The molecule has 1 aliphatic rings. The molecule has 2 rings (SSSR count). The quantitative estimate of drug-likeness (QED) is 0.695. The Labute approximate surface area is 150 Å². The first-order chi connectivity index (χ1) is 11.5. The minimum absolute atomic E-state index is 0.283. The minimum atomic E-state index is -0.620. The maximum Gasteiger partial charge on any atom is 0.255 e. The molecule has 3 amide bonds. The fourth-order valence-electron chi connectivity index (χ4n) is 2.29. The number of hydrogen-bond acceptors (Lipinski definition) is 4. The normalized spacial score (nSPS) is 16.6. The van der Waals surface area contributed by atoms with Crippen LogP contribution in [0.4, 0.5) is 5.00 Å². The number of amides is 3. The Morgan fingerprint density at radius 3 is 2.71 bits per heavy atom. The summed E-state index contributed by atoms with van der Waals surface area (Å²) in [6.07, 6.45) is 2.15. The summed E-state index contributed by atoms with van der Waals surface area (Å²) in [7, 11) is 0. The van der Waals surface area contributed by atoms with Crippen LogP contribution in [0.3, 0.4) is 0 Å². The van der Waals surface area contributed by atoms with Crippen molar-refractivity contribution in [3.05, 3.63) is 27.7 Å². The van der Waals surface area contributed by atoms with Crippen LogP contribution in [0.15, 0.2) is 12.3 Å². The van der Waals surface area contributed by atoms with E-state index >= 15 is 0 Å². The van der Waals surface area contributed by atoms with Crippen LogP contribution >= 0.6 is 22.9 Å². The predicted octanol–water partition coefficient (Wildman–Crippen LogP) is 3.08. The van der Waals surface area contributed by atoms with E-state index in [9.17, 15) is 14.4 Å². The van der Waals surface area contributed by atoms with E-state index in [-0.39, 0.29) is 5.91 Å². The molecule has 24 heavy (non-hydrogen) atoms. The molecular weight excluding hydrogens is 350 g/mol. The molecule has 1 fully saturated rings. The number of carbonyl (C=O) groups excluding carboxylic acids is 3. The monoisotopic (exact) mass is 371 g/mol. The Hall–Kier alpha value is -1.86. The van der Waals surface area contributed by atoms with Crippen molar-refractivity contribution >= 4 is 46.2 Å². The number of rotatable bonds is 5. The zero-order valence-corrected chi connectivity index (χ0v) is 15.6. The number of nitrogens with one attached hydrogen (secondary N) is 3. The van der Waals surface area contributed by atoms with E-state index in [2.05, 4.69) is 22.5 Å². The van der Waals surface area contributed by atoms with Gasteiger partial charge in [0, 0.05) is 5.70 Å². The molecule has 0 radical (unpaired) electrons. The first kappa shape index (κ1) is 20.2. The predicted molar refractivity (Wildman–Crippen MR) is 97.5 cm³/mol. The average Bonchev–Trinajstić information content (AvgIpc) is 2.87. The summed E-state index contributed by atoms with van der Waals surface area (Å²) in [4.78, 5) is 35.1. The van der Waals surface area contributed by atoms with Crippen LogP contribution in [-0.4, -0.2) is 24.3 Å². The molecule has 1 atom stereocenters. The number of carbonyl (C=O) groups is 3. The summed E-state index contributed by atoms with van der Waals surface area (Å²) >= 11 is 7.24. The molecular formula is C16H22ClN3O3S. The van der Waals surface area contributed by atoms with Crippen LogP contribution in [0.25, 0.3) is 0 Å². The van der Waals surface area contributed by atoms with E-state index < -0.39 is 11.9 Å². The maximum absolute atomic E-state index is 12.5. The third kappa shape index (κ3) is 4.58. The van der Waals surface area contributed by atoms with Crippen LogP contribution in [0.1, 0.15) is 49.5 Å². The number of halogens is 1. The highest BCUT2D eigenvalue weighted by Gasteiger charge is 2.29. The molecule has 2 heterocycles. The third-order valence-electron chi connectivity index (χ3n) is 3.38. The second kappa shape index (κ2) is 9.44. The van der Waals surface area contributed by atoms with E-state index in [0.717, 1.165) is 11.3 Å². The lowest BCUT2D eigenvalue weighted by atomic mass is 10.0. The largest absolute Gasteiger partial charge is 0.340 e. The Kier molecular flexibility index (Phi) is 7.94. The Bertz CT molecular complexity index is 643. The van der Waals surface area contributed by atoms with E-state index in [1.165, 1.54) is 0 Å². The summed E-state index contributed by atoms with van der Waals surface area (Å²) < 4.78 is 0.457. The molecule has 8 heteroatoms. The molecule has 6 nitrogen and oxygen atoms in total. The molecule has 1 saturated heterocycles. The molecule has 1 aromatic heterocycles. The van der Waals surface area contributed by atoms with Crippen molar-refractivity contribution in [1.29, 1.82) is 0 Å². The molecule has 0 bridgehead atoms. The van der Waals surface area contributed by atoms with Crippen LogP contribution in [0.5, 0.6) is 0 Å². The van der Waals surface area contributed by atoms with Crippen molar-refractivity contribution in [2.45, 2.75) is 46.1 Å². The number of allylic oxidation sites excluding steroid dienone is 1. The minimum Gasteiger partial charge on any atom is -0.340 e. The second-order valence-electron chi connectivity index (χ2n) is 4.83. The molecule has 1 aromatic rings. The summed E-state index contributed by atoms with van der Waals surface area (Å²) in [5.74, 6) is -0.703. The highest BCUT2D eigenvalue weighted by atomic mass is 35.5. The van der Waals surface area contributed by atoms with Crippen LogP contribution in [0.2, 0.25) is 4.34 Å². The lowest BCUT2D eigenvalue weighted by Crippen LogP contribution is -2.49. The van der Waals surface area contributed by atoms with Gasteiger partial charge in [-0.1, -0.05) is 39.0 Å². The van der Waals surface area contributed by atoms with E-state index in [1.807, 2.05) is 20.8 Å². The Morgan fingerprint density at radius 1 is 1.50 bits per heavy atom. The highest BCUT2D eigenvalue weighted by Crippen LogP contribution is 2.37. The molecule has 1 unspecified atom stereocenters. The van der Waals surface area contributed by atoms with Crippen molar-refractivity contribution in [2.75, 3.05) is 5.32 Å². The molecule has 3 N–H and O–H groups in total. The molecule has 132 valence electrons. The zero-order valence-electron chi connectivity index (χ0n) is 14.0. The van der Waals surface area contributed by atoms with Crippen molar-refractivity contribution in [3.8, 4) is 0 Å². The van der Waals surface area contributed by atoms with Gasteiger partial charge in [0.05, 0.1) is 9.90 Å². The SMILES string of the molecule is C=C1CCC(NC(=O)c2c(NC=O)sc(Cl)c2CC)C(=O)N1.CC.